The molecule has 2 heteroatoms. The highest BCUT2D eigenvalue weighted by Gasteiger charge is 2.13. The number of hydrogen-bond donors (Lipinski definition) is 2. The molecule has 0 spiro atoms. The first-order valence-electron chi connectivity index (χ1n) is 11.5. The standard InChI is InChI=1S/C30H32N2/c1-2-3-30(26-12-4-22(5-13-26)20-24-8-16-28(31)17-9-24)27-14-6-23(7-15-27)21-25-10-18-29(32)19-11-25/h4-19,30H,2-3,20-21,31-32H2,1H3. The Balaban J connectivity index is 1.47. The zero-order valence-electron chi connectivity index (χ0n) is 18.8. The van der Waals surface area contributed by atoms with Crippen LogP contribution in [0.2, 0.25) is 0 Å². The molecule has 4 aromatic carbocycles. The summed E-state index contributed by atoms with van der Waals surface area (Å²) in [5.74, 6) is 0.427. The van der Waals surface area contributed by atoms with Crippen molar-refractivity contribution >= 4 is 11.4 Å². The first-order chi connectivity index (χ1) is 15.6. The third-order valence-electron chi connectivity index (χ3n) is 6.12. The van der Waals surface area contributed by atoms with Crippen LogP contribution >= 0.6 is 0 Å². The minimum atomic E-state index is 0.427. The Kier molecular flexibility index (Phi) is 6.91. The lowest BCUT2D eigenvalue weighted by Gasteiger charge is -2.18. The third-order valence-corrected chi connectivity index (χ3v) is 6.12. The lowest BCUT2D eigenvalue weighted by atomic mass is 9.86. The molecule has 162 valence electrons. The Hall–Kier alpha value is -3.52. The van der Waals surface area contributed by atoms with Crippen LogP contribution in [0.3, 0.4) is 0 Å². The van der Waals surface area contributed by atoms with Gasteiger partial charge in [-0.15, -0.1) is 0 Å². The van der Waals surface area contributed by atoms with E-state index in [4.69, 9.17) is 11.5 Å². The maximum absolute atomic E-state index is 5.81. The van der Waals surface area contributed by atoms with Crippen molar-refractivity contribution in [3.05, 3.63) is 130 Å². The van der Waals surface area contributed by atoms with Crippen LogP contribution in [-0.4, -0.2) is 0 Å². The van der Waals surface area contributed by atoms with E-state index in [1.807, 2.05) is 24.3 Å². The average Bonchev–Trinajstić information content (AvgIpc) is 2.82. The van der Waals surface area contributed by atoms with E-state index < -0.39 is 0 Å². The van der Waals surface area contributed by atoms with Crippen molar-refractivity contribution < 1.29 is 0 Å². The van der Waals surface area contributed by atoms with Gasteiger partial charge in [-0.25, -0.2) is 0 Å². The minimum absolute atomic E-state index is 0.427. The van der Waals surface area contributed by atoms with Gasteiger partial charge in [-0.3, -0.25) is 0 Å². The fraction of sp³-hybridized carbons (Fsp3) is 0.200. The van der Waals surface area contributed by atoms with E-state index in [2.05, 4.69) is 79.7 Å². The van der Waals surface area contributed by atoms with Crippen LogP contribution in [0.5, 0.6) is 0 Å². The van der Waals surface area contributed by atoms with Gasteiger partial charge in [0.15, 0.2) is 0 Å². The Morgan fingerprint density at radius 3 is 1.12 bits per heavy atom. The molecule has 0 heterocycles. The lowest BCUT2D eigenvalue weighted by Crippen LogP contribution is -2.02. The molecule has 2 nitrogen and oxygen atoms in total. The topological polar surface area (TPSA) is 52.0 Å². The van der Waals surface area contributed by atoms with Crippen LogP contribution in [0, 0.1) is 0 Å². The monoisotopic (exact) mass is 420 g/mol. The Morgan fingerprint density at radius 2 is 0.812 bits per heavy atom. The van der Waals surface area contributed by atoms with Crippen molar-refractivity contribution in [1.82, 2.24) is 0 Å². The molecule has 4 aromatic rings. The fourth-order valence-electron chi connectivity index (χ4n) is 4.29. The number of hydrogen-bond acceptors (Lipinski definition) is 2. The molecule has 0 unspecified atom stereocenters. The summed E-state index contributed by atoms with van der Waals surface area (Å²) in [4.78, 5) is 0. The van der Waals surface area contributed by atoms with Gasteiger partial charge < -0.3 is 11.5 Å². The van der Waals surface area contributed by atoms with Gasteiger partial charge in [-0.1, -0.05) is 86.1 Å². The highest BCUT2D eigenvalue weighted by Crippen LogP contribution is 2.30. The Morgan fingerprint density at radius 1 is 0.500 bits per heavy atom. The van der Waals surface area contributed by atoms with Crippen molar-refractivity contribution in [2.75, 3.05) is 11.5 Å². The smallest absolute Gasteiger partial charge is 0.0314 e. The van der Waals surface area contributed by atoms with E-state index in [1.165, 1.54) is 33.4 Å². The molecular formula is C30H32N2. The van der Waals surface area contributed by atoms with Gasteiger partial charge in [0.2, 0.25) is 0 Å². The van der Waals surface area contributed by atoms with Crippen molar-refractivity contribution in [1.29, 1.82) is 0 Å². The van der Waals surface area contributed by atoms with Crippen molar-refractivity contribution in [2.24, 2.45) is 0 Å². The molecule has 0 saturated carbocycles. The van der Waals surface area contributed by atoms with Crippen molar-refractivity contribution in [3.63, 3.8) is 0 Å². The highest BCUT2D eigenvalue weighted by atomic mass is 14.5. The highest BCUT2D eigenvalue weighted by molar-refractivity contribution is 5.43. The van der Waals surface area contributed by atoms with Gasteiger partial charge in [-0.05, 0) is 76.9 Å². The molecule has 0 fully saturated rings. The van der Waals surface area contributed by atoms with Gasteiger partial charge in [-0.2, -0.15) is 0 Å². The van der Waals surface area contributed by atoms with E-state index in [0.717, 1.165) is 37.1 Å². The molecule has 4 rings (SSSR count). The Labute approximate surface area is 191 Å². The summed E-state index contributed by atoms with van der Waals surface area (Å²) in [7, 11) is 0. The summed E-state index contributed by atoms with van der Waals surface area (Å²) in [6.45, 7) is 2.26. The van der Waals surface area contributed by atoms with Gasteiger partial charge in [0.05, 0.1) is 0 Å². The zero-order chi connectivity index (χ0) is 22.3. The summed E-state index contributed by atoms with van der Waals surface area (Å²) in [5, 5.41) is 0. The van der Waals surface area contributed by atoms with E-state index in [-0.39, 0.29) is 0 Å². The zero-order valence-corrected chi connectivity index (χ0v) is 18.8. The molecule has 0 amide bonds. The van der Waals surface area contributed by atoms with Crippen LogP contribution in [0.15, 0.2) is 97.1 Å². The molecule has 0 atom stereocenters. The van der Waals surface area contributed by atoms with E-state index in [9.17, 15) is 0 Å². The molecule has 32 heavy (non-hydrogen) atoms. The predicted molar refractivity (Wildman–Crippen MR) is 137 cm³/mol. The molecule has 0 saturated heterocycles. The summed E-state index contributed by atoms with van der Waals surface area (Å²) in [5.41, 5.74) is 21.2. The van der Waals surface area contributed by atoms with Crippen LogP contribution in [-0.2, 0) is 12.8 Å². The average molecular weight is 421 g/mol. The molecule has 4 N–H and O–H groups in total. The normalized spacial score (nSPS) is 11.1. The first-order valence-corrected chi connectivity index (χ1v) is 11.5. The van der Waals surface area contributed by atoms with Crippen molar-refractivity contribution in [3.8, 4) is 0 Å². The number of nitrogens with two attached hydrogens (primary N) is 2. The third kappa shape index (κ3) is 5.59. The van der Waals surface area contributed by atoms with Crippen molar-refractivity contribution in [2.45, 2.75) is 38.5 Å². The number of rotatable bonds is 8. The second kappa shape index (κ2) is 10.2. The summed E-state index contributed by atoms with van der Waals surface area (Å²) >= 11 is 0. The largest absolute Gasteiger partial charge is 0.399 e. The second-order valence-electron chi connectivity index (χ2n) is 8.66. The van der Waals surface area contributed by atoms with E-state index in [1.54, 1.807) is 0 Å². The Bertz CT molecular complexity index is 1020. The summed E-state index contributed by atoms with van der Waals surface area (Å²) in [6, 6.07) is 34.6. The predicted octanol–water partition coefficient (Wildman–Crippen LogP) is 6.96. The maximum Gasteiger partial charge on any atom is 0.0314 e. The van der Waals surface area contributed by atoms with Gasteiger partial charge >= 0.3 is 0 Å². The van der Waals surface area contributed by atoms with Crippen LogP contribution in [0.1, 0.15) is 59.1 Å². The lowest BCUT2D eigenvalue weighted by molar-refractivity contribution is 0.698. The number of nitrogen functional groups attached to an aromatic ring is 2. The molecule has 0 aliphatic carbocycles. The minimum Gasteiger partial charge on any atom is -0.399 e. The number of anilines is 2. The molecule has 0 radical (unpaired) electrons. The maximum atomic E-state index is 5.81. The SMILES string of the molecule is CCCC(c1ccc(Cc2ccc(N)cc2)cc1)c1ccc(Cc2ccc(N)cc2)cc1. The van der Waals surface area contributed by atoms with Gasteiger partial charge in [0.25, 0.3) is 0 Å². The van der Waals surface area contributed by atoms with Gasteiger partial charge in [0.1, 0.15) is 0 Å². The van der Waals surface area contributed by atoms with Crippen LogP contribution < -0.4 is 11.5 Å². The summed E-state index contributed by atoms with van der Waals surface area (Å²) in [6.07, 6.45) is 4.16. The van der Waals surface area contributed by atoms with E-state index >= 15 is 0 Å². The molecule has 0 aliphatic rings. The molecule has 0 bridgehead atoms. The van der Waals surface area contributed by atoms with E-state index in [0.29, 0.717) is 5.92 Å². The first kappa shape index (κ1) is 21.7. The van der Waals surface area contributed by atoms with Crippen LogP contribution in [0.4, 0.5) is 11.4 Å². The quantitative estimate of drug-likeness (QED) is 0.303. The second-order valence-corrected chi connectivity index (χ2v) is 8.66. The fourth-order valence-corrected chi connectivity index (χ4v) is 4.29. The number of benzene rings is 4. The molecule has 0 aromatic heterocycles. The molecule has 0 aliphatic heterocycles. The molecular weight excluding hydrogens is 388 g/mol. The van der Waals surface area contributed by atoms with Gasteiger partial charge in [0, 0.05) is 17.3 Å². The summed E-state index contributed by atoms with van der Waals surface area (Å²) < 4.78 is 0. The van der Waals surface area contributed by atoms with Crippen LogP contribution in [0.25, 0.3) is 0 Å².